The maximum atomic E-state index is 5.05. The molecule has 2 heterocycles. The van der Waals surface area contributed by atoms with E-state index in [4.69, 9.17) is 4.74 Å². The van der Waals surface area contributed by atoms with E-state index in [9.17, 15) is 0 Å². The van der Waals surface area contributed by atoms with Crippen molar-refractivity contribution in [3.05, 3.63) is 41.7 Å². The van der Waals surface area contributed by atoms with Crippen LogP contribution in [0.2, 0.25) is 0 Å². The number of aromatic nitrogens is 5. The summed E-state index contributed by atoms with van der Waals surface area (Å²) in [7, 11) is 3.61. The average Bonchev–Trinajstić information content (AvgIpc) is 3.05. The van der Waals surface area contributed by atoms with E-state index < -0.39 is 0 Å². The van der Waals surface area contributed by atoms with E-state index >= 15 is 0 Å². The zero-order chi connectivity index (χ0) is 14.7. The highest BCUT2D eigenvalue weighted by atomic mass is 16.5. The number of aryl methyl sites for hydroxylation is 3. The lowest BCUT2D eigenvalue weighted by atomic mass is 10.3. The van der Waals surface area contributed by atoms with Crippen LogP contribution in [0.15, 0.2) is 24.3 Å². The second kappa shape index (κ2) is 6.05. The summed E-state index contributed by atoms with van der Waals surface area (Å²) in [5.41, 5.74) is 2.08. The fraction of sp³-hybridized carbons (Fsp3) is 0.400. The fourth-order valence-electron chi connectivity index (χ4n) is 2.35. The maximum absolute atomic E-state index is 5.05. The van der Waals surface area contributed by atoms with Gasteiger partial charge in [-0.2, -0.15) is 5.10 Å². The topological polar surface area (TPSA) is 68.6 Å². The third-order valence-corrected chi connectivity index (χ3v) is 3.45. The number of hydrogen-bond acceptors (Lipinski definition) is 4. The summed E-state index contributed by atoms with van der Waals surface area (Å²) in [5.74, 6) is 2.79. The molecule has 6 nitrogen and oxygen atoms in total. The minimum atomic E-state index is 0.646. The van der Waals surface area contributed by atoms with Gasteiger partial charge in [-0.3, -0.25) is 4.68 Å². The Bertz CT molecular complexity index is 698. The highest BCUT2D eigenvalue weighted by molar-refractivity contribution is 5.74. The minimum Gasteiger partial charge on any atom is -0.384 e. The number of H-pyrrole nitrogens is 1. The number of fused-ring (bicyclic) bond motifs is 1. The number of rotatable bonds is 6. The monoisotopic (exact) mass is 285 g/mol. The molecule has 0 aliphatic rings. The molecule has 6 heteroatoms. The molecular weight excluding hydrogens is 266 g/mol. The van der Waals surface area contributed by atoms with Crippen molar-refractivity contribution in [3.63, 3.8) is 0 Å². The van der Waals surface area contributed by atoms with Crippen LogP contribution in [-0.2, 0) is 31.0 Å². The molecule has 0 radical (unpaired) electrons. The molecule has 0 amide bonds. The predicted octanol–water partition coefficient (Wildman–Crippen LogP) is 1.67. The van der Waals surface area contributed by atoms with Crippen LogP contribution in [0.3, 0.4) is 0 Å². The van der Waals surface area contributed by atoms with Crippen molar-refractivity contribution in [2.45, 2.75) is 19.3 Å². The molecule has 0 fully saturated rings. The summed E-state index contributed by atoms with van der Waals surface area (Å²) in [5, 5.41) is 4.40. The van der Waals surface area contributed by atoms with Crippen LogP contribution in [0.5, 0.6) is 0 Å². The Hall–Kier alpha value is -2.21. The molecule has 0 bridgehead atoms. The number of methoxy groups -OCH3 is 1. The Kier molecular flexibility index (Phi) is 3.96. The van der Waals surface area contributed by atoms with Gasteiger partial charge in [0.2, 0.25) is 0 Å². The number of nitrogens with zero attached hydrogens (tertiary/aromatic N) is 4. The summed E-state index contributed by atoms with van der Waals surface area (Å²) in [6.07, 6.45) is 2.39. The molecule has 0 spiro atoms. The maximum Gasteiger partial charge on any atom is 0.153 e. The summed E-state index contributed by atoms with van der Waals surface area (Å²) in [4.78, 5) is 12.5. The Morgan fingerprint density at radius 2 is 2.00 bits per heavy atom. The molecule has 2 aromatic heterocycles. The number of benzene rings is 1. The number of nitrogens with one attached hydrogen (secondary N) is 1. The molecule has 0 aliphatic heterocycles. The van der Waals surface area contributed by atoms with Gasteiger partial charge in [-0.1, -0.05) is 12.1 Å². The van der Waals surface area contributed by atoms with Crippen molar-refractivity contribution in [1.29, 1.82) is 0 Å². The molecule has 0 saturated heterocycles. The van der Waals surface area contributed by atoms with Crippen LogP contribution in [-0.4, -0.2) is 38.4 Å². The quantitative estimate of drug-likeness (QED) is 0.748. The van der Waals surface area contributed by atoms with E-state index in [1.165, 1.54) is 0 Å². The lowest BCUT2D eigenvalue weighted by Crippen LogP contribution is -2.02. The van der Waals surface area contributed by atoms with Gasteiger partial charge < -0.3 is 9.72 Å². The van der Waals surface area contributed by atoms with Gasteiger partial charge in [-0.25, -0.2) is 9.97 Å². The summed E-state index contributed by atoms with van der Waals surface area (Å²) < 4.78 is 6.89. The molecule has 3 rings (SSSR count). The van der Waals surface area contributed by atoms with Gasteiger partial charge in [0.15, 0.2) is 5.82 Å². The first kappa shape index (κ1) is 13.8. The van der Waals surface area contributed by atoms with Crippen molar-refractivity contribution in [2.75, 3.05) is 13.7 Å². The molecule has 0 atom stereocenters. The summed E-state index contributed by atoms with van der Waals surface area (Å²) in [6, 6.07) is 8.06. The van der Waals surface area contributed by atoms with E-state index in [1.807, 2.05) is 36.0 Å². The smallest absolute Gasteiger partial charge is 0.153 e. The second-order valence-corrected chi connectivity index (χ2v) is 5.01. The van der Waals surface area contributed by atoms with E-state index in [0.717, 1.165) is 47.8 Å². The van der Waals surface area contributed by atoms with Gasteiger partial charge >= 0.3 is 0 Å². The average molecular weight is 285 g/mol. The highest BCUT2D eigenvalue weighted by Gasteiger charge is 2.09. The van der Waals surface area contributed by atoms with E-state index in [0.29, 0.717) is 6.61 Å². The highest BCUT2D eigenvalue weighted by Crippen LogP contribution is 2.11. The standard InChI is InChI=1S/C15H19N5O/c1-20-15(18-14(19-20)9-10-21-2)8-7-13-16-11-5-3-4-6-12(11)17-13/h3-6H,7-10H2,1-2H3,(H,16,17). The van der Waals surface area contributed by atoms with Gasteiger partial charge in [0.25, 0.3) is 0 Å². The Morgan fingerprint density at radius 3 is 2.81 bits per heavy atom. The molecule has 1 N–H and O–H groups in total. The van der Waals surface area contributed by atoms with Crippen LogP contribution in [0.1, 0.15) is 17.5 Å². The van der Waals surface area contributed by atoms with Gasteiger partial charge in [-0.05, 0) is 12.1 Å². The Balaban J connectivity index is 1.68. The SMILES string of the molecule is COCCc1nc(CCc2nc3ccccc3[nH]2)n(C)n1. The normalized spacial score (nSPS) is 11.3. The Labute approximate surface area is 123 Å². The van der Waals surface area contributed by atoms with Gasteiger partial charge in [-0.15, -0.1) is 0 Å². The van der Waals surface area contributed by atoms with Crippen LogP contribution >= 0.6 is 0 Å². The summed E-state index contributed by atoms with van der Waals surface area (Å²) >= 11 is 0. The van der Waals surface area contributed by atoms with Crippen molar-refractivity contribution >= 4 is 11.0 Å². The second-order valence-electron chi connectivity index (χ2n) is 5.01. The van der Waals surface area contributed by atoms with E-state index in [2.05, 4.69) is 20.1 Å². The third kappa shape index (κ3) is 3.11. The van der Waals surface area contributed by atoms with Gasteiger partial charge in [0.05, 0.1) is 17.6 Å². The number of imidazole rings is 1. The van der Waals surface area contributed by atoms with Crippen LogP contribution < -0.4 is 0 Å². The summed E-state index contributed by atoms with van der Waals surface area (Å²) in [6.45, 7) is 0.646. The van der Waals surface area contributed by atoms with E-state index in [1.54, 1.807) is 7.11 Å². The molecular formula is C15H19N5O. The zero-order valence-corrected chi connectivity index (χ0v) is 12.3. The van der Waals surface area contributed by atoms with Crippen molar-refractivity contribution in [3.8, 4) is 0 Å². The third-order valence-electron chi connectivity index (χ3n) is 3.45. The van der Waals surface area contributed by atoms with Gasteiger partial charge in [0.1, 0.15) is 11.6 Å². The molecule has 1 aromatic carbocycles. The number of ether oxygens (including phenoxy) is 1. The first-order chi connectivity index (χ1) is 10.3. The first-order valence-electron chi connectivity index (χ1n) is 7.07. The molecule has 21 heavy (non-hydrogen) atoms. The van der Waals surface area contributed by atoms with Crippen molar-refractivity contribution in [2.24, 2.45) is 7.05 Å². The number of hydrogen-bond donors (Lipinski definition) is 1. The fourth-order valence-corrected chi connectivity index (χ4v) is 2.35. The van der Waals surface area contributed by atoms with Crippen LogP contribution in [0.25, 0.3) is 11.0 Å². The lowest BCUT2D eigenvalue weighted by molar-refractivity contribution is 0.200. The molecule has 0 aliphatic carbocycles. The van der Waals surface area contributed by atoms with Crippen LogP contribution in [0, 0.1) is 0 Å². The molecule has 0 saturated carbocycles. The first-order valence-corrected chi connectivity index (χ1v) is 7.07. The van der Waals surface area contributed by atoms with Crippen molar-refractivity contribution in [1.82, 2.24) is 24.7 Å². The minimum absolute atomic E-state index is 0.646. The number of para-hydroxylation sites is 2. The van der Waals surface area contributed by atoms with Crippen LogP contribution in [0.4, 0.5) is 0 Å². The molecule has 3 aromatic rings. The predicted molar refractivity (Wildman–Crippen MR) is 80.1 cm³/mol. The van der Waals surface area contributed by atoms with Gasteiger partial charge in [0, 0.05) is 33.4 Å². The van der Waals surface area contributed by atoms with Crippen molar-refractivity contribution < 1.29 is 4.74 Å². The Morgan fingerprint density at radius 1 is 1.14 bits per heavy atom. The van der Waals surface area contributed by atoms with E-state index in [-0.39, 0.29) is 0 Å². The number of aromatic amines is 1. The lowest BCUT2D eigenvalue weighted by Gasteiger charge is -1.97. The zero-order valence-electron chi connectivity index (χ0n) is 12.3. The molecule has 110 valence electrons. The largest absolute Gasteiger partial charge is 0.384 e. The molecule has 0 unspecified atom stereocenters.